The summed E-state index contributed by atoms with van der Waals surface area (Å²) in [5.74, 6) is 2.66. The number of nitrogens with one attached hydrogen (secondary N) is 2. The maximum atomic E-state index is 12.0. The zero-order valence-electron chi connectivity index (χ0n) is 12.4. The number of carbonyl (C=O) groups is 1. The summed E-state index contributed by atoms with van der Waals surface area (Å²) in [5, 5.41) is 6.35. The van der Waals surface area contributed by atoms with Crippen molar-refractivity contribution in [1.29, 1.82) is 0 Å². The molecule has 0 heterocycles. The van der Waals surface area contributed by atoms with Crippen molar-refractivity contribution in [3.8, 4) is 0 Å². The molecule has 0 saturated heterocycles. The maximum Gasteiger partial charge on any atom is 0.238 e. The molecule has 3 nitrogen and oxygen atoms in total. The van der Waals surface area contributed by atoms with E-state index in [9.17, 15) is 4.79 Å². The third-order valence-corrected chi connectivity index (χ3v) is 5.68. The number of rotatable bonds is 5. The molecule has 2 bridgehead atoms. The van der Waals surface area contributed by atoms with Crippen LogP contribution in [-0.4, -0.2) is 18.5 Å². The number of benzene rings is 1. The van der Waals surface area contributed by atoms with Gasteiger partial charge in [0.1, 0.15) is 0 Å². The smallest absolute Gasteiger partial charge is 0.238 e. The summed E-state index contributed by atoms with van der Waals surface area (Å²) in [4.78, 5) is 12.0. The molecule has 2 N–H and O–H groups in total. The van der Waals surface area contributed by atoms with Gasteiger partial charge in [-0.15, -0.1) is 0 Å². The molecule has 2 aliphatic rings. The first-order valence-electron chi connectivity index (χ1n) is 7.90. The number of hydrogen-bond donors (Lipinski definition) is 2. The molecular formula is C17H23BrN2O. The molecular weight excluding hydrogens is 328 g/mol. The lowest BCUT2D eigenvalue weighted by atomic mass is 9.84. The lowest BCUT2D eigenvalue weighted by molar-refractivity contribution is -0.115. The first kappa shape index (κ1) is 15.0. The summed E-state index contributed by atoms with van der Waals surface area (Å²) >= 11 is 3.39. The van der Waals surface area contributed by atoms with Gasteiger partial charge in [0.05, 0.1) is 6.54 Å². The molecule has 0 aliphatic heterocycles. The fourth-order valence-electron chi connectivity index (χ4n) is 4.05. The topological polar surface area (TPSA) is 41.1 Å². The Hall–Kier alpha value is -0.870. The minimum Gasteiger partial charge on any atom is -0.325 e. The first-order chi connectivity index (χ1) is 10.1. The lowest BCUT2D eigenvalue weighted by Crippen LogP contribution is -2.40. The van der Waals surface area contributed by atoms with Crippen LogP contribution in [0.5, 0.6) is 0 Å². The molecule has 21 heavy (non-hydrogen) atoms. The molecule has 1 aromatic rings. The monoisotopic (exact) mass is 350 g/mol. The predicted molar refractivity (Wildman–Crippen MR) is 89.2 cm³/mol. The van der Waals surface area contributed by atoms with E-state index >= 15 is 0 Å². The minimum atomic E-state index is 0.0346. The Morgan fingerprint density at radius 3 is 2.67 bits per heavy atom. The highest BCUT2D eigenvalue weighted by Crippen LogP contribution is 2.49. The fraction of sp³-hybridized carbons (Fsp3) is 0.588. The van der Waals surface area contributed by atoms with Gasteiger partial charge in [-0.2, -0.15) is 0 Å². The van der Waals surface area contributed by atoms with Crippen molar-refractivity contribution in [1.82, 2.24) is 5.32 Å². The highest BCUT2D eigenvalue weighted by molar-refractivity contribution is 9.10. The summed E-state index contributed by atoms with van der Waals surface area (Å²) in [7, 11) is 0. The maximum absolute atomic E-state index is 12.0. The molecule has 1 amide bonds. The van der Waals surface area contributed by atoms with Crippen LogP contribution in [0, 0.1) is 17.8 Å². The van der Waals surface area contributed by atoms with E-state index in [-0.39, 0.29) is 5.91 Å². The largest absolute Gasteiger partial charge is 0.325 e. The molecule has 4 heteroatoms. The van der Waals surface area contributed by atoms with Crippen molar-refractivity contribution in [3.63, 3.8) is 0 Å². The number of carbonyl (C=O) groups excluding carboxylic acids is 1. The van der Waals surface area contributed by atoms with Crippen LogP contribution in [0.2, 0.25) is 0 Å². The van der Waals surface area contributed by atoms with Crippen LogP contribution in [0.15, 0.2) is 28.7 Å². The minimum absolute atomic E-state index is 0.0346. The number of halogens is 1. The van der Waals surface area contributed by atoms with Crippen LogP contribution >= 0.6 is 15.9 Å². The van der Waals surface area contributed by atoms with E-state index in [4.69, 9.17) is 0 Å². The second-order valence-electron chi connectivity index (χ2n) is 6.56. The molecule has 1 aromatic carbocycles. The fourth-order valence-corrected chi connectivity index (χ4v) is 4.31. The van der Waals surface area contributed by atoms with Crippen molar-refractivity contribution >= 4 is 27.5 Å². The molecule has 2 fully saturated rings. The standard InChI is InChI=1S/C17H23BrN2O/c1-11(16-9-12-2-3-13(16)8-12)19-10-17(21)20-15-6-4-14(18)5-7-15/h4-7,11-13,16,19H,2-3,8-10H2,1H3,(H,20,21)/t11-,12+,13-,16+/m0/s1. The van der Waals surface area contributed by atoms with Crippen LogP contribution in [0.25, 0.3) is 0 Å². The van der Waals surface area contributed by atoms with E-state index < -0.39 is 0 Å². The Labute approximate surface area is 135 Å². The van der Waals surface area contributed by atoms with Crippen LogP contribution in [0.4, 0.5) is 5.69 Å². The van der Waals surface area contributed by atoms with Crippen LogP contribution < -0.4 is 10.6 Å². The van der Waals surface area contributed by atoms with Gasteiger partial charge < -0.3 is 10.6 Å². The molecule has 0 spiro atoms. The van der Waals surface area contributed by atoms with Crippen molar-refractivity contribution < 1.29 is 4.79 Å². The Balaban J connectivity index is 1.44. The summed E-state index contributed by atoms with van der Waals surface area (Å²) < 4.78 is 1.02. The third kappa shape index (κ3) is 3.67. The Kier molecular flexibility index (Phi) is 4.65. The van der Waals surface area contributed by atoms with Gasteiger partial charge >= 0.3 is 0 Å². The average Bonchev–Trinajstić information content (AvgIpc) is 3.10. The van der Waals surface area contributed by atoms with E-state index in [1.165, 1.54) is 25.7 Å². The third-order valence-electron chi connectivity index (χ3n) is 5.15. The molecule has 2 saturated carbocycles. The van der Waals surface area contributed by atoms with Gasteiger partial charge in [0, 0.05) is 16.2 Å². The van der Waals surface area contributed by atoms with Gasteiger partial charge in [0.15, 0.2) is 0 Å². The lowest BCUT2D eigenvalue weighted by Gasteiger charge is -2.28. The zero-order chi connectivity index (χ0) is 14.8. The second kappa shape index (κ2) is 6.49. The Bertz CT molecular complexity index is 502. The SMILES string of the molecule is C[C@H](NCC(=O)Nc1ccc(Br)cc1)[C@H]1C[C@@H]2CC[C@H]1C2. The van der Waals surface area contributed by atoms with Gasteiger partial charge in [-0.3, -0.25) is 4.79 Å². The molecule has 0 unspecified atom stereocenters. The number of anilines is 1. The Morgan fingerprint density at radius 2 is 2.05 bits per heavy atom. The number of amides is 1. The molecule has 2 aliphatic carbocycles. The van der Waals surface area contributed by atoms with Crippen molar-refractivity contribution in [2.75, 3.05) is 11.9 Å². The van der Waals surface area contributed by atoms with E-state index in [2.05, 4.69) is 33.5 Å². The normalized spacial score (nSPS) is 28.6. The van der Waals surface area contributed by atoms with Crippen LogP contribution in [0.3, 0.4) is 0 Å². The molecule has 0 radical (unpaired) electrons. The quantitative estimate of drug-likeness (QED) is 0.847. The van der Waals surface area contributed by atoms with Crippen molar-refractivity contribution in [2.24, 2.45) is 17.8 Å². The molecule has 3 rings (SSSR count). The highest BCUT2D eigenvalue weighted by Gasteiger charge is 2.41. The van der Waals surface area contributed by atoms with E-state index in [1.807, 2.05) is 24.3 Å². The van der Waals surface area contributed by atoms with Crippen LogP contribution in [-0.2, 0) is 4.79 Å². The van der Waals surface area contributed by atoms with E-state index in [0.717, 1.165) is 27.9 Å². The molecule has 4 atom stereocenters. The second-order valence-corrected chi connectivity index (χ2v) is 7.48. The van der Waals surface area contributed by atoms with E-state index in [1.54, 1.807) is 0 Å². The van der Waals surface area contributed by atoms with Gasteiger partial charge in [-0.25, -0.2) is 0 Å². The summed E-state index contributed by atoms with van der Waals surface area (Å²) in [5.41, 5.74) is 0.845. The number of hydrogen-bond acceptors (Lipinski definition) is 2. The molecule has 0 aromatic heterocycles. The van der Waals surface area contributed by atoms with Crippen molar-refractivity contribution in [2.45, 2.75) is 38.6 Å². The predicted octanol–water partition coefficient (Wildman–Crippen LogP) is 3.80. The van der Waals surface area contributed by atoms with Gasteiger partial charge in [0.2, 0.25) is 5.91 Å². The first-order valence-corrected chi connectivity index (χ1v) is 8.70. The highest BCUT2D eigenvalue weighted by atomic mass is 79.9. The zero-order valence-corrected chi connectivity index (χ0v) is 14.0. The summed E-state index contributed by atoms with van der Waals surface area (Å²) in [6.07, 6.45) is 5.60. The van der Waals surface area contributed by atoms with Gasteiger partial charge in [-0.1, -0.05) is 22.4 Å². The van der Waals surface area contributed by atoms with Gasteiger partial charge in [0.25, 0.3) is 0 Å². The Morgan fingerprint density at radius 1 is 1.29 bits per heavy atom. The van der Waals surface area contributed by atoms with E-state index in [0.29, 0.717) is 12.6 Å². The average molecular weight is 351 g/mol. The van der Waals surface area contributed by atoms with Gasteiger partial charge in [-0.05, 0) is 68.2 Å². The molecule has 114 valence electrons. The van der Waals surface area contributed by atoms with Crippen molar-refractivity contribution in [3.05, 3.63) is 28.7 Å². The number of fused-ring (bicyclic) bond motifs is 2. The van der Waals surface area contributed by atoms with Crippen LogP contribution in [0.1, 0.15) is 32.6 Å². The summed E-state index contributed by atoms with van der Waals surface area (Å²) in [6.45, 7) is 2.63. The summed E-state index contributed by atoms with van der Waals surface area (Å²) in [6, 6.07) is 8.11.